The van der Waals surface area contributed by atoms with Gasteiger partial charge in [-0.1, -0.05) is 30.3 Å². The van der Waals surface area contributed by atoms with E-state index in [-0.39, 0.29) is 86.8 Å². The summed E-state index contributed by atoms with van der Waals surface area (Å²) >= 11 is 0. The summed E-state index contributed by atoms with van der Waals surface area (Å²) in [6.07, 6.45) is 0. The molecule has 0 saturated carbocycles. The molecule has 2 aromatic carbocycles. The number of rotatable bonds is 3. The third-order valence-corrected chi connectivity index (χ3v) is 6.30. The van der Waals surface area contributed by atoms with Gasteiger partial charge in [0, 0.05) is 75.6 Å². The molecule has 2 radical (unpaired) electrons. The second kappa shape index (κ2) is 9.10. The Balaban J connectivity index is 0.00000171. The van der Waals surface area contributed by atoms with Crippen molar-refractivity contribution >= 4 is 102 Å². The van der Waals surface area contributed by atoms with Crippen LogP contribution in [0.3, 0.4) is 0 Å². The van der Waals surface area contributed by atoms with E-state index in [1.165, 1.54) is 24.3 Å². The van der Waals surface area contributed by atoms with Gasteiger partial charge in [0.25, 0.3) is 20.2 Å². The van der Waals surface area contributed by atoms with Crippen molar-refractivity contribution in [2.45, 2.75) is 15.7 Å². The Morgan fingerprint density at radius 1 is 0.774 bits per heavy atom. The van der Waals surface area contributed by atoms with Crippen LogP contribution in [0.1, 0.15) is 32.3 Å². The molecule has 13 heteroatoms. The number of hydrogen-bond acceptors (Lipinski definition) is 7. The largest absolute Gasteiger partial charge is 0.296 e. The number of fused-ring (bicyclic) bond motifs is 2. The minimum Gasteiger partial charge on any atom is -0.293 e. The molecule has 3 aromatic rings. The molecule has 0 unspecified atom stereocenters. The van der Waals surface area contributed by atoms with Gasteiger partial charge in [-0.15, -0.1) is 0 Å². The first-order valence-electron chi connectivity index (χ1n) is 8.05. The van der Waals surface area contributed by atoms with Crippen molar-refractivity contribution < 1.29 is 35.5 Å². The Morgan fingerprint density at radius 3 is 1.81 bits per heavy atom. The molecule has 0 saturated heterocycles. The normalized spacial score (nSPS) is 14.1. The Bertz CT molecular complexity index is 1420. The minimum absolute atomic E-state index is 0. The Hall–Kier alpha value is -0.990. The molecule has 2 N–H and O–H groups in total. The van der Waals surface area contributed by atoms with Crippen LogP contribution < -0.4 is 0 Å². The summed E-state index contributed by atoms with van der Waals surface area (Å²) in [5, 5.41) is -0.0353. The zero-order valence-corrected chi connectivity index (χ0v) is 21.9. The van der Waals surface area contributed by atoms with Crippen LogP contribution in [0, 0.1) is 0 Å². The summed E-state index contributed by atoms with van der Waals surface area (Å²) in [5.74, 6) is -2.28. The van der Waals surface area contributed by atoms with Gasteiger partial charge in [-0.2, -0.15) is 16.8 Å². The van der Waals surface area contributed by atoms with Gasteiger partial charge in [0.05, 0.1) is 16.1 Å². The summed E-state index contributed by atoms with van der Waals surface area (Å²) in [5.41, 5.74) is 0.0596. The second-order valence-electron chi connectivity index (χ2n) is 6.39. The average Bonchev–Trinajstić information content (AvgIpc) is 2.90. The van der Waals surface area contributed by atoms with E-state index < -0.39 is 47.5 Å². The third-order valence-electron chi connectivity index (χ3n) is 4.61. The first kappa shape index (κ1) is 26.3. The average molecular weight is 479 g/mol. The molecule has 1 aromatic heterocycles. The van der Waals surface area contributed by atoms with Crippen molar-refractivity contribution in [2.24, 2.45) is 0 Å². The molecule has 150 valence electrons. The summed E-state index contributed by atoms with van der Waals surface area (Å²) in [6, 6.07) is 10.3. The molecule has 0 fully saturated rings. The van der Waals surface area contributed by atoms with Crippen LogP contribution in [0.15, 0.2) is 58.3 Å². The molecule has 1 heterocycles. The fraction of sp³-hybridized carbons (Fsp3) is 0.0556. The fourth-order valence-electron chi connectivity index (χ4n) is 3.31. The van der Waals surface area contributed by atoms with E-state index in [0.29, 0.717) is 6.07 Å². The second-order valence-corrected chi connectivity index (χ2v) is 9.20. The number of aromatic nitrogens is 1. The predicted octanol–water partition coefficient (Wildman–Crippen LogP) is 1.13. The van der Waals surface area contributed by atoms with Gasteiger partial charge in [0.2, 0.25) is 0 Å². The van der Waals surface area contributed by atoms with Crippen molar-refractivity contribution in [3.8, 4) is 0 Å². The van der Waals surface area contributed by atoms with Crippen molar-refractivity contribution in [2.75, 3.05) is 0 Å². The van der Waals surface area contributed by atoms with Gasteiger partial charge in [-0.05, 0) is 18.2 Å². The van der Waals surface area contributed by atoms with Crippen LogP contribution in [0.4, 0.5) is 0 Å². The zero-order valence-electron chi connectivity index (χ0n) is 16.3. The quantitative estimate of drug-likeness (QED) is 0.319. The number of ketones is 2. The molecule has 4 rings (SSSR count). The molecule has 0 aliphatic heterocycles. The van der Waals surface area contributed by atoms with Crippen LogP contribution in [0.25, 0.3) is 10.9 Å². The first-order chi connectivity index (χ1) is 13.5. The minimum atomic E-state index is -4.94. The zero-order chi connectivity index (χ0) is 21.1. The number of benzene rings is 2. The van der Waals surface area contributed by atoms with E-state index in [9.17, 15) is 35.5 Å². The summed E-state index contributed by atoms with van der Waals surface area (Å²) in [7, 11) is -9.71. The molecule has 0 spiro atoms. The maximum atomic E-state index is 12.7. The van der Waals surface area contributed by atoms with Crippen molar-refractivity contribution in [1.82, 2.24) is 4.98 Å². The van der Waals surface area contributed by atoms with E-state index in [1.807, 2.05) is 0 Å². The summed E-state index contributed by atoms with van der Waals surface area (Å²) in [4.78, 5) is 27.8. The number of Topliss-reactive ketones (excluding diaryl/α,β-unsaturated/α-hetero) is 2. The monoisotopic (exact) mass is 479 g/mol. The molecule has 0 amide bonds. The maximum absolute atomic E-state index is 12.7. The first-order valence-corrected chi connectivity index (χ1v) is 10.9. The van der Waals surface area contributed by atoms with Gasteiger partial charge >= 0.3 is 0 Å². The van der Waals surface area contributed by atoms with Crippen LogP contribution >= 0.6 is 0 Å². The van der Waals surface area contributed by atoms with Crippen LogP contribution in [-0.4, -0.2) is 102 Å². The van der Waals surface area contributed by atoms with E-state index in [0.717, 1.165) is 6.07 Å². The molecular weight excluding hydrogens is 468 g/mol. The van der Waals surface area contributed by atoms with Gasteiger partial charge in [-0.25, -0.2) is 0 Å². The topological polar surface area (TPSA) is 156 Å². The number of carbonyl (C=O) groups excluding carboxylic acids is 2. The SMILES string of the molecule is O=C1c2ccccc2C(=O)C1c1ccc2cc(S(=O)(=O)O)cc(S(=O)(=O)O)c2n1.[Na].[Na]. The van der Waals surface area contributed by atoms with E-state index >= 15 is 0 Å². The standard InChI is InChI=1S/C18H11NO8S2.2Na/c20-17-11-3-1-2-4-12(11)18(21)15(17)13-6-5-9-7-10(28(22,23)24)8-14(16(9)19-13)29(25,26)27;;/h1-8,15H,(H,22,23,24)(H,25,26,27);;. The van der Waals surface area contributed by atoms with E-state index in [2.05, 4.69) is 4.98 Å². The molecule has 1 aliphatic carbocycles. The van der Waals surface area contributed by atoms with Gasteiger partial charge < -0.3 is 0 Å². The van der Waals surface area contributed by atoms with Crippen LogP contribution in [-0.2, 0) is 20.2 Å². The van der Waals surface area contributed by atoms with Crippen molar-refractivity contribution in [1.29, 1.82) is 0 Å². The smallest absolute Gasteiger partial charge is 0.293 e. The van der Waals surface area contributed by atoms with Gasteiger partial charge in [0.1, 0.15) is 10.8 Å². The van der Waals surface area contributed by atoms with Crippen LogP contribution in [0.2, 0.25) is 0 Å². The van der Waals surface area contributed by atoms with Crippen molar-refractivity contribution in [3.63, 3.8) is 0 Å². The Morgan fingerprint density at radius 2 is 1.32 bits per heavy atom. The molecular formula is C18H11NNa2O8S2. The number of hydrogen-bond donors (Lipinski definition) is 2. The summed E-state index contributed by atoms with van der Waals surface area (Å²) < 4.78 is 65.1. The summed E-state index contributed by atoms with van der Waals surface area (Å²) in [6.45, 7) is 0. The maximum Gasteiger partial charge on any atom is 0.296 e. The Kier molecular flexibility index (Phi) is 7.71. The number of carbonyl (C=O) groups is 2. The van der Waals surface area contributed by atoms with E-state index in [1.54, 1.807) is 12.1 Å². The fourth-order valence-corrected chi connectivity index (χ4v) is 4.61. The Labute approximate surface area is 221 Å². The molecule has 0 atom stereocenters. The number of pyridine rings is 1. The van der Waals surface area contributed by atoms with Crippen LogP contribution in [0.5, 0.6) is 0 Å². The molecule has 9 nitrogen and oxygen atoms in total. The molecule has 0 bridgehead atoms. The van der Waals surface area contributed by atoms with Gasteiger partial charge in [-0.3, -0.25) is 23.7 Å². The van der Waals surface area contributed by atoms with E-state index in [4.69, 9.17) is 0 Å². The molecule has 31 heavy (non-hydrogen) atoms. The van der Waals surface area contributed by atoms with Gasteiger partial charge in [0.15, 0.2) is 11.6 Å². The van der Waals surface area contributed by atoms with Crippen molar-refractivity contribution in [3.05, 3.63) is 65.4 Å². The molecule has 1 aliphatic rings. The predicted molar refractivity (Wildman–Crippen MR) is 111 cm³/mol. The number of nitrogens with zero attached hydrogens (tertiary/aromatic N) is 1. The third kappa shape index (κ3) is 4.71.